The minimum atomic E-state index is -0.478. The summed E-state index contributed by atoms with van der Waals surface area (Å²) in [7, 11) is 0. The number of nitrogens with two attached hydrogens (primary N) is 1. The van der Waals surface area contributed by atoms with Crippen molar-refractivity contribution in [2.45, 2.75) is 6.92 Å². The lowest BCUT2D eigenvalue weighted by Crippen LogP contribution is -2.33. The molecule has 0 radical (unpaired) electrons. The highest BCUT2D eigenvalue weighted by Crippen LogP contribution is 2.30. The molecule has 1 aromatic heterocycles. The van der Waals surface area contributed by atoms with Gasteiger partial charge in [-0.2, -0.15) is 0 Å². The molecule has 162 valence electrons. The van der Waals surface area contributed by atoms with Crippen molar-refractivity contribution >= 4 is 40.8 Å². The molecule has 0 aliphatic heterocycles. The van der Waals surface area contributed by atoms with Gasteiger partial charge in [0.15, 0.2) is 11.6 Å². The fourth-order valence-electron chi connectivity index (χ4n) is 2.55. The van der Waals surface area contributed by atoms with Gasteiger partial charge in [0, 0.05) is 12.5 Å². The van der Waals surface area contributed by atoms with E-state index in [4.69, 9.17) is 10.5 Å². The number of azo groups is 1. The maximum Gasteiger partial charge on any atom is 0.308 e. The molecule has 32 heavy (non-hydrogen) atoms. The molecule has 0 saturated heterocycles. The van der Waals surface area contributed by atoms with Crippen LogP contribution in [0.5, 0.6) is 5.75 Å². The number of hydrogen-bond acceptors (Lipinski definition) is 8. The summed E-state index contributed by atoms with van der Waals surface area (Å²) in [6.45, 7) is 1.06. The summed E-state index contributed by atoms with van der Waals surface area (Å²) in [5, 5.41) is 13.2. The molecular formula is C22H20N6O4. The standard InChI is InChI=1S/C22H20N6O4/c1-14(29)32-18-10-6-5-9-16(18)27-28-17-11-12-19(26-21(17)23)25-20(30)13-24-22(31)15-7-3-2-4-8-15/h2-12H,13H2,1H3,(H,24,31)(H3,23,25,26,30)/b28-27+. The van der Waals surface area contributed by atoms with Crippen LogP contribution < -0.4 is 21.1 Å². The Kier molecular flexibility index (Phi) is 7.20. The van der Waals surface area contributed by atoms with E-state index in [1.165, 1.54) is 19.1 Å². The van der Waals surface area contributed by atoms with Gasteiger partial charge in [-0.1, -0.05) is 30.3 Å². The molecule has 1 heterocycles. The smallest absolute Gasteiger partial charge is 0.308 e. The molecule has 0 fully saturated rings. The quantitative estimate of drug-likeness (QED) is 0.296. The summed E-state index contributed by atoms with van der Waals surface area (Å²) in [5.41, 5.74) is 6.96. The molecule has 3 rings (SSSR count). The predicted molar refractivity (Wildman–Crippen MR) is 118 cm³/mol. The van der Waals surface area contributed by atoms with Crippen molar-refractivity contribution < 1.29 is 19.1 Å². The van der Waals surface area contributed by atoms with E-state index in [0.717, 1.165) is 0 Å². The summed E-state index contributed by atoms with van der Waals surface area (Å²) in [4.78, 5) is 39.4. The lowest BCUT2D eigenvalue weighted by Gasteiger charge is -2.08. The van der Waals surface area contributed by atoms with Gasteiger partial charge < -0.3 is 21.1 Å². The fourth-order valence-corrected chi connectivity index (χ4v) is 2.55. The van der Waals surface area contributed by atoms with E-state index in [2.05, 4.69) is 25.8 Å². The van der Waals surface area contributed by atoms with E-state index < -0.39 is 11.9 Å². The number of rotatable bonds is 7. The average Bonchev–Trinajstić information content (AvgIpc) is 2.78. The molecule has 10 nitrogen and oxygen atoms in total. The monoisotopic (exact) mass is 432 g/mol. The molecule has 4 N–H and O–H groups in total. The van der Waals surface area contributed by atoms with Gasteiger partial charge in [-0.05, 0) is 36.4 Å². The fraction of sp³-hybridized carbons (Fsp3) is 0.0909. The largest absolute Gasteiger partial charge is 0.424 e. The highest BCUT2D eigenvalue weighted by atomic mass is 16.5. The van der Waals surface area contributed by atoms with E-state index in [0.29, 0.717) is 11.3 Å². The summed E-state index contributed by atoms with van der Waals surface area (Å²) >= 11 is 0. The van der Waals surface area contributed by atoms with Gasteiger partial charge in [-0.15, -0.1) is 10.2 Å². The van der Waals surface area contributed by atoms with Gasteiger partial charge in [0.2, 0.25) is 5.91 Å². The van der Waals surface area contributed by atoms with Crippen LogP contribution in [0.4, 0.5) is 23.0 Å². The molecule has 0 atom stereocenters. The Hall–Kier alpha value is -4.60. The van der Waals surface area contributed by atoms with E-state index in [9.17, 15) is 14.4 Å². The van der Waals surface area contributed by atoms with Crippen LogP contribution in [0.15, 0.2) is 77.0 Å². The summed E-state index contributed by atoms with van der Waals surface area (Å²) in [6.07, 6.45) is 0. The summed E-state index contributed by atoms with van der Waals surface area (Å²) in [6, 6.07) is 18.2. The van der Waals surface area contributed by atoms with Crippen molar-refractivity contribution in [1.82, 2.24) is 10.3 Å². The number of pyridine rings is 1. The van der Waals surface area contributed by atoms with Crippen molar-refractivity contribution in [2.75, 3.05) is 17.6 Å². The molecule has 0 spiro atoms. The number of aromatic nitrogens is 1. The number of esters is 1. The van der Waals surface area contributed by atoms with Crippen LogP contribution in [0.3, 0.4) is 0 Å². The zero-order chi connectivity index (χ0) is 22.9. The summed E-state index contributed by atoms with van der Waals surface area (Å²) < 4.78 is 5.08. The minimum absolute atomic E-state index is 0.0323. The maximum absolute atomic E-state index is 12.1. The molecule has 2 aromatic carbocycles. The van der Waals surface area contributed by atoms with Gasteiger partial charge in [-0.3, -0.25) is 14.4 Å². The van der Waals surface area contributed by atoms with Crippen LogP contribution in [-0.2, 0) is 9.59 Å². The first-order valence-electron chi connectivity index (χ1n) is 9.51. The zero-order valence-corrected chi connectivity index (χ0v) is 17.1. The molecule has 2 amide bonds. The first kappa shape index (κ1) is 22.1. The van der Waals surface area contributed by atoms with Crippen molar-refractivity contribution in [3.05, 3.63) is 72.3 Å². The molecular weight excluding hydrogens is 412 g/mol. The minimum Gasteiger partial charge on any atom is -0.424 e. The normalized spacial score (nSPS) is 10.5. The number of anilines is 2. The molecule has 0 bridgehead atoms. The first-order chi connectivity index (χ1) is 15.4. The third-order valence-electron chi connectivity index (χ3n) is 4.00. The van der Waals surface area contributed by atoms with Crippen LogP contribution in [0, 0.1) is 0 Å². The second kappa shape index (κ2) is 10.4. The van der Waals surface area contributed by atoms with Gasteiger partial charge in [-0.25, -0.2) is 4.98 Å². The van der Waals surface area contributed by atoms with Crippen LogP contribution in [0.25, 0.3) is 0 Å². The number of hydrogen-bond donors (Lipinski definition) is 3. The third-order valence-corrected chi connectivity index (χ3v) is 4.00. The molecule has 0 unspecified atom stereocenters. The van der Waals surface area contributed by atoms with E-state index in [1.807, 2.05) is 0 Å². The number of ether oxygens (including phenoxy) is 1. The van der Waals surface area contributed by atoms with Crippen LogP contribution in [0.2, 0.25) is 0 Å². The van der Waals surface area contributed by atoms with Crippen molar-refractivity contribution in [1.29, 1.82) is 0 Å². The first-order valence-corrected chi connectivity index (χ1v) is 9.51. The zero-order valence-electron chi connectivity index (χ0n) is 17.1. The summed E-state index contributed by atoms with van der Waals surface area (Å²) in [5.74, 6) is -0.819. The highest BCUT2D eigenvalue weighted by molar-refractivity contribution is 5.99. The Bertz CT molecular complexity index is 1160. The topological polar surface area (TPSA) is 148 Å². The van der Waals surface area contributed by atoms with Gasteiger partial charge >= 0.3 is 5.97 Å². The number of carbonyl (C=O) groups excluding carboxylic acids is 3. The second-order valence-corrected chi connectivity index (χ2v) is 6.46. The number of amides is 2. The van der Waals surface area contributed by atoms with Crippen molar-refractivity contribution in [3.63, 3.8) is 0 Å². The van der Waals surface area contributed by atoms with E-state index >= 15 is 0 Å². The molecule has 10 heteroatoms. The lowest BCUT2D eigenvalue weighted by molar-refractivity contribution is -0.131. The SMILES string of the molecule is CC(=O)Oc1ccccc1/N=N/c1ccc(NC(=O)CNC(=O)c2ccccc2)nc1N. The molecule has 3 aromatic rings. The van der Waals surface area contributed by atoms with Crippen LogP contribution >= 0.6 is 0 Å². The molecule has 0 aliphatic carbocycles. The van der Waals surface area contributed by atoms with E-state index in [1.54, 1.807) is 54.6 Å². The van der Waals surface area contributed by atoms with Crippen LogP contribution in [0.1, 0.15) is 17.3 Å². The number of nitrogens with zero attached hydrogens (tertiary/aromatic N) is 3. The Morgan fingerprint density at radius 3 is 2.34 bits per heavy atom. The number of nitrogens with one attached hydrogen (secondary N) is 2. The number of carbonyl (C=O) groups is 3. The Balaban J connectivity index is 1.60. The Labute approximate surface area is 183 Å². The Morgan fingerprint density at radius 1 is 0.938 bits per heavy atom. The number of benzene rings is 2. The molecule has 0 aliphatic rings. The van der Waals surface area contributed by atoms with Gasteiger partial charge in [0.05, 0.1) is 6.54 Å². The van der Waals surface area contributed by atoms with Crippen molar-refractivity contribution in [2.24, 2.45) is 10.2 Å². The highest BCUT2D eigenvalue weighted by Gasteiger charge is 2.10. The van der Waals surface area contributed by atoms with Crippen molar-refractivity contribution in [3.8, 4) is 5.75 Å². The average molecular weight is 432 g/mol. The Morgan fingerprint density at radius 2 is 1.62 bits per heavy atom. The van der Waals surface area contributed by atoms with E-state index in [-0.39, 0.29) is 35.5 Å². The third kappa shape index (κ3) is 6.20. The van der Waals surface area contributed by atoms with Gasteiger partial charge in [0.1, 0.15) is 17.2 Å². The number of para-hydroxylation sites is 1. The predicted octanol–water partition coefficient (Wildman–Crippen LogP) is 3.37. The number of nitrogen functional groups attached to an aromatic ring is 1. The molecule has 0 saturated carbocycles. The lowest BCUT2D eigenvalue weighted by atomic mass is 10.2. The van der Waals surface area contributed by atoms with Gasteiger partial charge in [0.25, 0.3) is 5.91 Å². The second-order valence-electron chi connectivity index (χ2n) is 6.46. The maximum atomic E-state index is 12.1. The van der Waals surface area contributed by atoms with Crippen LogP contribution in [-0.4, -0.2) is 29.3 Å².